The minimum absolute atomic E-state index is 0.590. The Labute approximate surface area is 152 Å². The maximum absolute atomic E-state index is 6.19. The highest BCUT2D eigenvalue weighted by molar-refractivity contribution is 4.74. The summed E-state index contributed by atoms with van der Waals surface area (Å²) in [7, 11) is 0. The molecule has 0 aromatic carbocycles. The fourth-order valence-corrected chi connectivity index (χ4v) is 5.11. The van der Waals surface area contributed by atoms with Crippen LogP contribution in [0, 0.1) is 17.8 Å². The molecule has 0 N–H and O–H groups in total. The monoisotopic (exact) mass is 336 g/mol. The van der Waals surface area contributed by atoms with Gasteiger partial charge in [0.2, 0.25) is 0 Å². The van der Waals surface area contributed by atoms with Crippen LogP contribution in [0.3, 0.4) is 0 Å². The summed E-state index contributed by atoms with van der Waals surface area (Å²) in [6, 6.07) is 0. The van der Waals surface area contributed by atoms with Crippen LogP contribution in [-0.2, 0) is 4.74 Å². The first kappa shape index (κ1) is 20.3. The van der Waals surface area contributed by atoms with Crippen molar-refractivity contribution in [1.29, 1.82) is 0 Å². The Morgan fingerprint density at radius 1 is 0.583 bits per heavy atom. The first-order chi connectivity index (χ1) is 11.8. The van der Waals surface area contributed by atoms with Crippen molar-refractivity contribution in [2.45, 2.75) is 123 Å². The molecule has 2 fully saturated rings. The van der Waals surface area contributed by atoms with Crippen molar-refractivity contribution < 1.29 is 4.74 Å². The minimum atomic E-state index is 0.590. The molecule has 24 heavy (non-hydrogen) atoms. The maximum atomic E-state index is 6.19. The van der Waals surface area contributed by atoms with Crippen LogP contribution in [-0.4, -0.2) is 12.7 Å². The largest absolute Gasteiger partial charge is 0.378 e. The van der Waals surface area contributed by atoms with Gasteiger partial charge in [0.1, 0.15) is 0 Å². The van der Waals surface area contributed by atoms with E-state index in [9.17, 15) is 0 Å². The topological polar surface area (TPSA) is 9.23 Å². The van der Waals surface area contributed by atoms with Crippen LogP contribution in [0.4, 0.5) is 0 Å². The van der Waals surface area contributed by atoms with Crippen molar-refractivity contribution in [3.63, 3.8) is 0 Å². The highest BCUT2D eigenvalue weighted by atomic mass is 16.5. The molecule has 0 unspecified atom stereocenters. The summed E-state index contributed by atoms with van der Waals surface area (Å²) >= 11 is 0. The fourth-order valence-electron chi connectivity index (χ4n) is 5.11. The van der Waals surface area contributed by atoms with Gasteiger partial charge in [0.05, 0.1) is 6.10 Å². The second kappa shape index (κ2) is 12.3. The molecule has 1 nitrogen and oxygen atoms in total. The number of rotatable bonds is 11. The molecule has 0 heterocycles. The molecule has 142 valence electrons. The molecule has 0 spiro atoms. The molecule has 2 aliphatic rings. The van der Waals surface area contributed by atoms with Crippen LogP contribution in [0.1, 0.15) is 117 Å². The van der Waals surface area contributed by atoms with E-state index in [0.717, 1.165) is 24.4 Å². The van der Waals surface area contributed by atoms with E-state index in [4.69, 9.17) is 4.74 Å². The van der Waals surface area contributed by atoms with E-state index in [1.165, 1.54) is 103 Å². The van der Waals surface area contributed by atoms with Crippen molar-refractivity contribution >= 4 is 0 Å². The van der Waals surface area contributed by atoms with E-state index in [-0.39, 0.29) is 0 Å². The lowest BCUT2D eigenvalue weighted by Crippen LogP contribution is -2.22. The van der Waals surface area contributed by atoms with Gasteiger partial charge < -0.3 is 4.74 Å². The van der Waals surface area contributed by atoms with Crippen molar-refractivity contribution in [2.24, 2.45) is 17.8 Å². The zero-order chi connectivity index (χ0) is 17.0. The van der Waals surface area contributed by atoms with Gasteiger partial charge in [0.25, 0.3) is 0 Å². The van der Waals surface area contributed by atoms with Gasteiger partial charge in [-0.05, 0) is 56.3 Å². The smallest absolute Gasteiger partial charge is 0.0575 e. The second-order valence-corrected chi connectivity index (χ2v) is 8.83. The zero-order valence-corrected chi connectivity index (χ0v) is 16.7. The predicted molar refractivity (Wildman–Crippen MR) is 105 cm³/mol. The molecule has 1 heteroatoms. The molecule has 0 radical (unpaired) electrons. The summed E-state index contributed by atoms with van der Waals surface area (Å²) in [6.07, 6.45) is 23.4. The lowest BCUT2D eigenvalue weighted by atomic mass is 9.78. The highest BCUT2D eigenvalue weighted by Crippen LogP contribution is 2.34. The molecule has 0 aromatic heterocycles. The van der Waals surface area contributed by atoms with E-state index in [2.05, 4.69) is 13.8 Å². The fraction of sp³-hybridized carbons (Fsp3) is 1.00. The van der Waals surface area contributed by atoms with E-state index in [1.807, 2.05) is 0 Å². The summed E-state index contributed by atoms with van der Waals surface area (Å²) in [4.78, 5) is 0. The molecule has 0 aromatic rings. The second-order valence-electron chi connectivity index (χ2n) is 8.83. The molecule has 2 aliphatic carbocycles. The van der Waals surface area contributed by atoms with Crippen LogP contribution >= 0.6 is 0 Å². The molecule has 2 rings (SSSR count). The standard InChI is InChI=1S/C23H44O/c1-3-5-6-9-21-11-13-22(14-12-21)10-7-19-24-23-17-15-20(8-4-2)16-18-23/h20-23H,3-19H2,1-2H3/t20-,21-,22-,23-. The van der Waals surface area contributed by atoms with E-state index >= 15 is 0 Å². The molecular formula is C23H44O. The molecule has 2 saturated carbocycles. The minimum Gasteiger partial charge on any atom is -0.378 e. The normalized spacial score (nSPS) is 31.2. The number of hydrogen-bond acceptors (Lipinski definition) is 1. The number of ether oxygens (including phenoxy) is 1. The van der Waals surface area contributed by atoms with E-state index in [1.54, 1.807) is 0 Å². The molecular weight excluding hydrogens is 292 g/mol. The van der Waals surface area contributed by atoms with Crippen molar-refractivity contribution in [3.8, 4) is 0 Å². The van der Waals surface area contributed by atoms with Gasteiger partial charge in [-0.15, -0.1) is 0 Å². The Bertz CT molecular complexity index is 284. The zero-order valence-electron chi connectivity index (χ0n) is 16.7. The van der Waals surface area contributed by atoms with Crippen LogP contribution in [0.2, 0.25) is 0 Å². The Kier molecular flexibility index (Phi) is 10.4. The summed E-state index contributed by atoms with van der Waals surface area (Å²) in [6.45, 7) is 5.66. The maximum Gasteiger partial charge on any atom is 0.0575 e. The Balaban J connectivity index is 1.44. The lowest BCUT2D eigenvalue weighted by Gasteiger charge is -2.30. The van der Waals surface area contributed by atoms with Gasteiger partial charge in [0, 0.05) is 6.61 Å². The molecule has 0 aliphatic heterocycles. The van der Waals surface area contributed by atoms with Crippen molar-refractivity contribution in [2.75, 3.05) is 6.61 Å². The summed E-state index contributed by atoms with van der Waals surface area (Å²) in [5.74, 6) is 3.07. The molecule has 0 amide bonds. The quantitative estimate of drug-likeness (QED) is 0.354. The van der Waals surface area contributed by atoms with Gasteiger partial charge >= 0.3 is 0 Å². The van der Waals surface area contributed by atoms with Crippen molar-refractivity contribution in [3.05, 3.63) is 0 Å². The van der Waals surface area contributed by atoms with Crippen LogP contribution in [0.25, 0.3) is 0 Å². The van der Waals surface area contributed by atoms with Gasteiger partial charge in [-0.3, -0.25) is 0 Å². The third kappa shape index (κ3) is 7.89. The summed E-state index contributed by atoms with van der Waals surface area (Å²) in [5.41, 5.74) is 0. The lowest BCUT2D eigenvalue weighted by molar-refractivity contribution is 0.0133. The third-order valence-electron chi connectivity index (χ3n) is 6.78. The molecule has 0 saturated heterocycles. The Morgan fingerprint density at radius 2 is 1.12 bits per heavy atom. The van der Waals surface area contributed by atoms with Gasteiger partial charge in [-0.2, -0.15) is 0 Å². The van der Waals surface area contributed by atoms with E-state index in [0.29, 0.717) is 6.10 Å². The number of unbranched alkanes of at least 4 members (excludes halogenated alkanes) is 2. The van der Waals surface area contributed by atoms with Gasteiger partial charge in [-0.1, -0.05) is 78.1 Å². The average molecular weight is 337 g/mol. The summed E-state index contributed by atoms with van der Waals surface area (Å²) < 4.78 is 6.19. The third-order valence-corrected chi connectivity index (χ3v) is 6.78. The first-order valence-corrected chi connectivity index (χ1v) is 11.4. The number of hydrogen-bond donors (Lipinski definition) is 0. The summed E-state index contributed by atoms with van der Waals surface area (Å²) in [5, 5.41) is 0. The Hall–Kier alpha value is -0.0400. The van der Waals surface area contributed by atoms with E-state index < -0.39 is 0 Å². The molecule has 0 bridgehead atoms. The van der Waals surface area contributed by atoms with Crippen LogP contribution < -0.4 is 0 Å². The Morgan fingerprint density at radius 3 is 1.71 bits per heavy atom. The van der Waals surface area contributed by atoms with Gasteiger partial charge in [0.15, 0.2) is 0 Å². The average Bonchev–Trinajstić information content (AvgIpc) is 2.62. The predicted octanol–water partition coefficient (Wildman–Crippen LogP) is 7.53. The SMILES string of the molecule is CCCCC[C@H]1CC[C@H](CCCO[C@H]2CC[C@H](CCC)CC2)CC1. The van der Waals surface area contributed by atoms with Crippen LogP contribution in [0.5, 0.6) is 0 Å². The highest BCUT2D eigenvalue weighted by Gasteiger charge is 2.22. The molecule has 0 atom stereocenters. The van der Waals surface area contributed by atoms with Crippen molar-refractivity contribution in [1.82, 2.24) is 0 Å². The van der Waals surface area contributed by atoms with Crippen LogP contribution in [0.15, 0.2) is 0 Å². The van der Waals surface area contributed by atoms with Gasteiger partial charge in [-0.25, -0.2) is 0 Å². The first-order valence-electron chi connectivity index (χ1n) is 11.4.